The molecule has 1 amide bonds. The number of amides is 1. The van der Waals surface area contributed by atoms with Gasteiger partial charge in [0.2, 0.25) is 0 Å². The van der Waals surface area contributed by atoms with E-state index in [-0.39, 0.29) is 18.2 Å². The number of pyridine rings is 1. The molecule has 0 saturated heterocycles. The van der Waals surface area contributed by atoms with Gasteiger partial charge >= 0.3 is 5.91 Å². The highest BCUT2D eigenvalue weighted by Gasteiger charge is 2.19. The smallest absolute Gasteiger partial charge is 0.303 e. The Kier molecular flexibility index (Phi) is 4.34. The van der Waals surface area contributed by atoms with Crippen molar-refractivity contribution in [3.05, 3.63) is 39.9 Å². The van der Waals surface area contributed by atoms with Crippen LogP contribution in [0.4, 0.5) is 0 Å². The van der Waals surface area contributed by atoms with Crippen molar-refractivity contribution in [1.82, 2.24) is 20.1 Å². The Morgan fingerprint density at radius 1 is 1.50 bits per heavy atom. The van der Waals surface area contributed by atoms with Crippen LogP contribution in [-0.2, 0) is 4.84 Å². The highest BCUT2D eigenvalue weighted by atomic mass is 35.5. The molecule has 0 aliphatic carbocycles. The van der Waals surface area contributed by atoms with Crippen LogP contribution in [0.15, 0.2) is 30.6 Å². The van der Waals surface area contributed by atoms with Crippen molar-refractivity contribution in [3.8, 4) is 11.3 Å². The molecule has 0 spiro atoms. The van der Waals surface area contributed by atoms with E-state index in [4.69, 9.17) is 21.5 Å². The molecule has 7 nitrogen and oxygen atoms in total. The third-order valence-electron chi connectivity index (χ3n) is 2.82. The molecule has 0 radical (unpaired) electrons. The summed E-state index contributed by atoms with van der Waals surface area (Å²) in [5.41, 5.74) is 4.29. The predicted octanol–water partition coefficient (Wildman–Crippen LogP) is 1.76. The van der Waals surface area contributed by atoms with Crippen molar-refractivity contribution < 1.29 is 14.7 Å². The Bertz CT molecular complexity index is 817. The van der Waals surface area contributed by atoms with E-state index in [1.165, 1.54) is 0 Å². The number of aliphatic hydroxyl groups is 1. The summed E-state index contributed by atoms with van der Waals surface area (Å²) in [5, 5.41) is 13.0. The lowest BCUT2D eigenvalue weighted by Gasteiger charge is -2.00. The fraction of sp³-hybridized carbons (Fsp3) is 0.154. The quantitative estimate of drug-likeness (QED) is 0.546. The van der Waals surface area contributed by atoms with Crippen LogP contribution in [0.3, 0.4) is 0 Å². The largest absolute Gasteiger partial charge is 0.394 e. The first-order valence-electron chi connectivity index (χ1n) is 6.32. The predicted molar refractivity (Wildman–Crippen MR) is 81.8 cm³/mol. The monoisotopic (exact) mass is 338 g/mol. The van der Waals surface area contributed by atoms with Crippen LogP contribution in [0.2, 0.25) is 4.34 Å². The van der Waals surface area contributed by atoms with E-state index in [0.29, 0.717) is 10.0 Å². The summed E-state index contributed by atoms with van der Waals surface area (Å²) < 4.78 is 2.10. The molecule has 0 aliphatic rings. The number of thiazole rings is 1. The second kappa shape index (κ2) is 6.41. The Morgan fingerprint density at radius 2 is 2.36 bits per heavy atom. The van der Waals surface area contributed by atoms with Gasteiger partial charge in [0.25, 0.3) is 0 Å². The number of halogens is 1. The molecule has 3 aromatic rings. The van der Waals surface area contributed by atoms with Crippen LogP contribution in [-0.4, -0.2) is 38.8 Å². The van der Waals surface area contributed by atoms with Gasteiger partial charge in [0.05, 0.1) is 24.9 Å². The van der Waals surface area contributed by atoms with E-state index in [1.807, 2.05) is 24.4 Å². The van der Waals surface area contributed by atoms with Gasteiger partial charge in [-0.05, 0) is 12.1 Å². The van der Waals surface area contributed by atoms with E-state index < -0.39 is 5.91 Å². The topological polar surface area (TPSA) is 88.8 Å². The number of hydrogen-bond acceptors (Lipinski definition) is 6. The van der Waals surface area contributed by atoms with Gasteiger partial charge in [-0.1, -0.05) is 29.0 Å². The van der Waals surface area contributed by atoms with Gasteiger partial charge in [-0.15, -0.1) is 0 Å². The summed E-state index contributed by atoms with van der Waals surface area (Å²) in [5.74, 6) is -0.511. The van der Waals surface area contributed by atoms with Crippen molar-refractivity contribution >= 4 is 34.4 Å². The van der Waals surface area contributed by atoms with Crippen molar-refractivity contribution in [3.63, 3.8) is 0 Å². The maximum atomic E-state index is 11.9. The van der Waals surface area contributed by atoms with Gasteiger partial charge < -0.3 is 5.11 Å². The van der Waals surface area contributed by atoms with Crippen molar-refractivity contribution in [2.75, 3.05) is 13.2 Å². The molecular weight excluding hydrogens is 328 g/mol. The zero-order valence-corrected chi connectivity index (χ0v) is 12.8. The summed E-state index contributed by atoms with van der Waals surface area (Å²) in [4.78, 5) is 20.9. The third-order valence-corrected chi connectivity index (χ3v) is 4.07. The summed E-state index contributed by atoms with van der Waals surface area (Å²) in [6.45, 7) is -0.182. The minimum atomic E-state index is -0.511. The molecule has 3 aromatic heterocycles. The van der Waals surface area contributed by atoms with Crippen LogP contribution in [0.1, 0.15) is 9.80 Å². The van der Waals surface area contributed by atoms with E-state index in [2.05, 4.69) is 15.6 Å². The first-order valence-corrected chi connectivity index (χ1v) is 7.52. The summed E-state index contributed by atoms with van der Waals surface area (Å²) in [6.07, 6.45) is 3.47. The first kappa shape index (κ1) is 14.9. The van der Waals surface area contributed by atoms with E-state index in [1.54, 1.807) is 10.7 Å². The minimum Gasteiger partial charge on any atom is -0.394 e. The number of fused-ring (bicyclic) bond motifs is 1. The Labute approximate surface area is 134 Å². The van der Waals surface area contributed by atoms with Gasteiger partial charge in [0, 0.05) is 11.8 Å². The number of carbonyl (C=O) groups is 1. The van der Waals surface area contributed by atoms with Crippen LogP contribution >= 0.6 is 22.9 Å². The average Bonchev–Trinajstić information content (AvgIpc) is 3.10. The zero-order chi connectivity index (χ0) is 15.5. The zero-order valence-electron chi connectivity index (χ0n) is 11.2. The minimum absolute atomic E-state index is 0.00571. The molecule has 22 heavy (non-hydrogen) atoms. The molecular formula is C13H11ClN4O3S. The molecule has 0 aliphatic heterocycles. The third kappa shape index (κ3) is 2.81. The molecule has 0 fully saturated rings. The molecule has 0 atom stereocenters. The lowest BCUT2D eigenvalue weighted by atomic mass is 10.2. The van der Waals surface area contributed by atoms with Gasteiger partial charge in [0.15, 0.2) is 5.01 Å². The number of rotatable bonds is 5. The van der Waals surface area contributed by atoms with Crippen molar-refractivity contribution in [2.45, 2.75) is 0 Å². The molecule has 0 aromatic carbocycles. The molecule has 3 rings (SSSR count). The number of nitrogens with zero attached hydrogens (tertiary/aromatic N) is 3. The Morgan fingerprint density at radius 3 is 3.18 bits per heavy atom. The van der Waals surface area contributed by atoms with Crippen molar-refractivity contribution in [2.24, 2.45) is 0 Å². The lowest BCUT2D eigenvalue weighted by molar-refractivity contribution is 0.0168. The van der Waals surface area contributed by atoms with E-state index in [0.717, 1.165) is 22.4 Å². The Hall–Kier alpha value is -2.00. The average molecular weight is 339 g/mol. The second-order valence-corrected chi connectivity index (χ2v) is 5.83. The van der Waals surface area contributed by atoms with Crippen LogP contribution < -0.4 is 5.48 Å². The SMILES string of the molecule is O=C(NOCCO)c1nc(-c2cnn3ccccc23)c(Cl)s1. The number of aromatic nitrogens is 3. The highest BCUT2D eigenvalue weighted by molar-refractivity contribution is 7.18. The molecule has 114 valence electrons. The second-order valence-electron chi connectivity index (χ2n) is 4.23. The number of hydrogen-bond donors (Lipinski definition) is 2. The van der Waals surface area contributed by atoms with Gasteiger partial charge in [-0.25, -0.2) is 15.0 Å². The Balaban J connectivity index is 1.91. The molecule has 9 heteroatoms. The van der Waals surface area contributed by atoms with Gasteiger partial charge in [0.1, 0.15) is 10.0 Å². The fourth-order valence-corrected chi connectivity index (χ4v) is 2.94. The standard InChI is InChI=1S/C13H11ClN4O3S/c14-11-10(8-7-15-18-4-2-1-3-9(8)18)16-13(22-11)12(20)17-21-6-5-19/h1-4,7,19H,5-6H2,(H,17,20). The van der Waals surface area contributed by atoms with Gasteiger partial charge in [-0.2, -0.15) is 5.10 Å². The maximum Gasteiger partial charge on any atom is 0.303 e. The first-order chi connectivity index (χ1) is 10.7. The van der Waals surface area contributed by atoms with E-state index >= 15 is 0 Å². The van der Waals surface area contributed by atoms with Crippen LogP contribution in [0.5, 0.6) is 0 Å². The van der Waals surface area contributed by atoms with Crippen LogP contribution in [0.25, 0.3) is 16.8 Å². The molecule has 0 saturated carbocycles. The molecule has 3 heterocycles. The lowest BCUT2D eigenvalue weighted by Crippen LogP contribution is -2.24. The number of nitrogens with one attached hydrogen (secondary N) is 1. The number of carbonyl (C=O) groups excluding carboxylic acids is 1. The molecule has 0 bridgehead atoms. The normalized spacial score (nSPS) is 11.0. The van der Waals surface area contributed by atoms with E-state index in [9.17, 15) is 4.79 Å². The summed E-state index contributed by atoms with van der Waals surface area (Å²) >= 11 is 7.25. The summed E-state index contributed by atoms with van der Waals surface area (Å²) in [7, 11) is 0. The highest BCUT2D eigenvalue weighted by Crippen LogP contribution is 2.34. The fourth-order valence-electron chi connectivity index (χ4n) is 1.89. The molecule has 0 unspecified atom stereocenters. The summed E-state index contributed by atoms with van der Waals surface area (Å²) in [6, 6.07) is 5.64. The van der Waals surface area contributed by atoms with Crippen molar-refractivity contribution in [1.29, 1.82) is 0 Å². The molecule has 2 N–H and O–H groups in total. The van der Waals surface area contributed by atoms with Crippen LogP contribution in [0, 0.1) is 0 Å². The number of hydroxylamine groups is 1. The van der Waals surface area contributed by atoms with Gasteiger partial charge in [-0.3, -0.25) is 9.63 Å². The maximum absolute atomic E-state index is 11.9. The number of aliphatic hydroxyl groups excluding tert-OH is 1.